The van der Waals surface area contributed by atoms with Gasteiger partial charge in [-0.25, -0.2) is 9.59 Å². The Kier molecular flexibility index (Phi) is 4.34. The van der Waals surface area contributed by atoms with Crippen LogP contribution in [0.1, 0.15) is 6.92 Å². The van der Waals surface area contributed by atoms with Gasteiger partial charge in [-0.05, 0) is 6.92 Å². The second-order valence-corrected chi connectivity index (χ2v) is 5.69. The fraction of sp³-hybridized carbons (Fsp3) is 0.818. The van der Waals surface area contributed by atoms with Crippen molar-refractivity contribution < 1.29 is 19.4 Å². The number of carbonyl (C=O) groups is 2. The van der Waals surface area contributed by atoms with E-state index in [2.05, 4.69) is 0 Å². The molecule has 0 aromatic carbocycles. The summed E-state index contributed by atoms with van der Waals surface area (Å²) in [6.07, 6.45) is -0.892. The molecule has 2 unspecified atom stereocenters. The fourth-order valence-electron chi connectivity index (χ4n) is 2.17. The van der Waals surface area contributed by atoms with Crippen LogP contribution >= 0.6 is 11.8 Å². The van der Waals surface area contributed by atoms with Crippen molar-refractivity contribution in [3.8, 4) is 0 Å². The number of carbonyl (C=O) groups excluding carboxylic acids is 1. The van der Waals surface area contributed by atoms with E-state index in [1.807, 2.05) is 23.6 Å². The van der Waals surface area contributed by atoms with Gasteiger partial charge in [-0.3, -0.25) is 0 Å². The molecule has 0 bridgehead atoms. The third-order valence-electron chi connectivity index (χ3n) is 3.23. The van der Waals surface area contributed by atoms with Crippen LogP contribution in [0.4, 0.5) is 4.79 Å². The van der Waals surface area contributed by atoms with Gasteiger partial charge < -0.3 is 19.6 Å². The SMILES string of the molecule is CC1CSCCN1C(=O)N1CCOC(C(=O)O)C1. The molecule has 2 rings (SSSR count). The normalized spacial score (nSPS) is 29.2. The Morgan fingerprint density at radius 3 is 2.83 bits per heavy atom. The van der Waals surface area contributed by atoms with E-state index in [4.69, 9.17) is 9.84 Å². The smallest absolute Gasteiger partial charge is 0.334 e. The van der Waals surface area contributed by atoms with Gasteiger partial charge in [0.1, 0.15) is 0 Å². The molecule has 0 aromatic heterocycles. The molecule has 0 aromatic rings. The first-order valence-electron chi connectivity index (χ1n) is 6.07. The molecule has 2 saturated heterocycles. The Morgan fingerprint density at radius 2 is 2.17 bits per heavy atom. The van der Waals surface area contributed by atoms with Crippen molar-refractivity contribution in [2.75, 3.05) is 37.7 Å². The highest BCUT2D eigenvalue weighted by Gasteiger charge is 2.33. The number of urea groups is 1. The number of nitrogens with zero attached hydrogens (tertiary/aromatic N) is 2. The van der Waals surface area contributed by atoms with Crippen LogP contribution < -0.4 is 0 Å². The van der Waals surface area contributed by atoms with Crippen LogP contribution in [0, 0.1) is 0 Å². The Hall–Kier alpha value is -0.950. The minimum Gasteiger partial charge on any atom is -0.479 e. The molecule has 1 N–H and O–H groups in total. The van der Waals surface area contributed by atoms with E-state index >= 15 is 0 Å². The first-order valence-corrected chi connectivity index (χ1v) is 7.22. The van der Waals surface area contributed by atoms with E-state index < -0.39 is 12.1 Å². The third-order valence-corrected chi connectivity index (χ3v) is 4.42. The molecular formula is C11H18N2O4S. The number of ether oxygens (including phenoxy) is 1. The Bertz CT molecular complexity index is 339. The summed E-state index contributed by atoms with van der Waals surface area (Å²) in [5.74, 6) is 0.885. The second kappa shape index (κ2) is 5.79. The summed E-state index contributed by atoms with van der Waals surface area (Å²) in [6, 6.07) is 0.153. The van der Waals surface area contributed by atoms with Crippen molar-refractivity contribution in [1.29, 1.82) is 0 Å². The number of hydrogen-bond donors (Lipinski definition) is 1. The number of thioether (sulfide) groups is 1. The van der Waals surface area contributed by atoms with Crippen molar-refractivity contribution in [3.05, 3.63) is 0 Å². The number of hydrogen-bond acceptors (Lipinski definition) is 4. The lowest BCUT2D eigenvalue weighted by Gasteiger charge is -2.39. The first-order chi connectivity index (χ1) is 8.59. The summed E-state index contributed by atoms with van der Waals surface area (Å²) in [5, 5.41) is 8.92. The monoisotopic (exact) mass is 274 g/mol. The van der Waals surface area contributed by atoms with Gasteiger partial charge in [0.2, 0.25) is 0 Å². The van der Waals surface area contributed by atoms with E-state index in [9.17, 15) is 9.59 Å². The second-order valence-electron chi connectivity index (χ2n) is 4.54. The first kappa shape index (κ1) is 13.5. The standard InChI is InChI=1S/C11H18N2O4S/c1-8-7-18-5-3-13(8)11(16)12-2-4-17-9(6-12)10(14)15/h8-9H,2-7H2,1H3,(H,14,15). The molecule has 7 heteroatoms. The topological polar surface area (TPSA) is 70.1 Å². The van der Waals surface area contributed by atoms with Gasteiger partial charge in [0.15, 0.2) is 6.10 Å². The third kappa shape index (κ3) is 2.89. The van der Waals surface area contributed by atoms with Crippen LogP contribution in [0.25, 0.3) is 0 Å². The van der Waals surface area contributed by atoms with Crippen LogP contribution in [0.3, 0.4) is 0 Å². The molecule has 102 valence electrons. The minimum atomic E-state index is -1.00. The highest BCUT2D eigenvalue weighted by atomic mass is 32.2. The molecule has 2 aliphatic heterocycles. The summed E-state index contributed by atoms with van der Waals surface area (Å²) >= 11 is 1.85. The molecule has 2 aliphatic rings. The predicted octanol–water partition coefficient (Wildman–Crippen LogP) is 0.329. The van der Waals surface area contributed by atoms with Crippen LogP contribution in [0.15, 0.2) is 0 Å². The molecule has 2 amide bonds. The predicted molar refractivity (Wildman–Crippen MR) is 67.8 cm³/mol. The maximum absolute atomic E-state index is 12.3. The van der Waals surface area contributed by atoms with Gasteiger partial charge in [-0.15, -0.1) is 0 Å². The number of carboxylic acid groups (broad SMARTS) is 1. The van der Waals surface area contributed by atoms with Gasteiger partial charge in [0, 0.05) is 30.6 Å². The van der Waals surface area contributed by atoms with Gasteiger partial charge >= 0.3 is 12.0 Å². The zero-order valence-electron chi connectivity index (χ0n) is 10.4. The molecular weight excluding hydrogens is 256 g/mol. The van der Waals surface area contributed by atoms with Crippen LogP contribution in [-0.4, -0.2) is 76.8 Å². The quantitative estimate of drug-likeness (QED) is 0.746. The lowest BCUT2D eigenvalue weighted by Crippen LogP contribution is -2.56. The number of aliphatic carboxylic acids is 1. The van der Waals surface area contributed by atoms with Crippen LogP contribution in [0.2, 0.25) is 0 Å². The maximum Gasteiger partial charge on any atom is 0.334 e. The van der Waals surface area contributed by atoms with E-state index in [1.54, 1.807) is 4.90 Å². The largest absolute Gasteiger partial charge is 0.479 e. The molecule has 0 spiro atoms. The summed E-state index contributed by atoms with van der Waals surface area (Å²) in [4.78, 5) is 26.6. The maximum atomic E-state index is 12.3. The van der Waals surface area contributed by atoms with Gasteiger partial charge in [0.25, 0.3) is 0 Å². The average molecular weight is 274 g/mol. The summed E-state index contributed by atoms with van der Waals surface area (Å²) < 4.78 is 5.12. The van der Waals surface area contributed by atoms with Gasteiger partial charge in [0.05, 0.1) is 13.2 Å². The Balaban J connectivity index is 1.97. The van der Waals surface area contributed by atoms with Gasteiger partial charge in [-0.2, -0.15) is 11.8 Å². The van der Waals surface area contributed by atoms with E-state index in [-0.39, 0.29) is 18.6 Å². The van der Waals surface area contributed by atoms with Crippen LogP contribution in [0.5, 0.6) is 0 Å². The fourth-order valence-corrected chi connectivity index (χ4v) is 3.18. The molecule has 18 heavy (non-hydrogen) atoms. The van der Waals surface area contributed by atoms with E-state index in [0.29, 0.717) is 13.2 Å². The zero-order valence-corrected chi connectivity index (χ0v) is 11.2. The molecule has 0 saturated carbocycles. The van der Waals surface area contributed by atoms with Crippen molar-refractivity contribution in [2.24, 2.45) is 0 Å². The molecule has 6 nitrogen and oxygen atoms in total. The average Bonchev–Trinajstić information content (AvgIpc) is 2.38. The van der Waals surface area contributed by atoms with E-state index in [0.717, 1.165) is 18.1 Å². The van der Waals surface area contributed by atoms with E-state index in [1.165, 1.54) is 0 Å². The molecule has 0 radical (unpaired) electrons. The van der Waals surface area contributed by atoms with Crippen molar-refractivity contribution in [1.82, 2.24) is 9.80 Å². The number of morpholine rings is 1. The number of rotatable bonds is 1. The highest BCUT2D eigenvalue weighted by Crippen LogP contribution is 2.18. The van der Waals surface area contributed by atoms with Crippen molar-refractivity contribution in [3.63, 3.8) is 0 Å². The van der Waals surface area contributed by atoms with Gasteiger partial charge in [-0.1, -0.05) is 0 Å². The molecule has 2 heterocycles. The molecule has 2 atom stereocenters. The Morgan fingerprint density at radius 1 is 1.39 bits per heavy atom. The molecule has 0 aliphatic carbocycles. The molecule has 2 fully saturated rings. The number of amides is 2. The van der Waals surface area contributed by atoms with Crippen molar-refractivity contribution >= 4 is 23.8 Å². The lowest BCUT2D eigenvalue weighted by molar-refractivity contribution is -0.154. The zero-order chi connectivity index (χ0) is 13.1. The van der Waals surface area contributed by atoms with Crippen LogP contribution in [-0.2, 0) is 9.53 Å². The minimum absolute atomic E-state index is 0.0580. The van der Waals surface area contributed by atoms with Crippen molar-refractivity contribution in [2.45, 2.75) is 19.1 Å². The highest BCUT2D eigenvalue weighted by molar-refractivity contribution is 7.99. The summed E-state index contributed by atoms with van der Waals surface area (Å²) in [6.45, 7) is 3.67. The lowest BCUT2D eigenvalue weighted by atomic mass is 10.2. The summed E-state index contributed by atoms with van der Waals surface area (Å²) in [7, 11) is 0. The summed E-state index contributed by atoms with van der Waals surface area (Å²) in [5.41, 5.74) is 0. The Labute approximate surface area is 110 Å². The number of carboxylic acids is 1.